The number of fused-ring (bicyclic) bond motifs is 1. The number of rotatable bonds is 11. The molecule has 2 amide bonds. The molecule has 0 saturated heterocycles. The quantitative estimate of drug-likeness (QED) is 0.278. The molecule has 1 aliphatic rings. The van der Waals surface area contributed by atoms with E-state index in [1.165, 1.54) is 7.11 Å². The van der Waals surface area contributed by atoms with Gasteiger partial charge in [0.2, 0.25) is 0 Å². The topological polar surface area (TPSA) is 116 Å². The first kappa shape index (κ1) is 26.3. The van der Waals surface area contributed by atoms with Crippen molar-refractivity contribution < 1.29 is 27.5 Å². The summed E-state index contributed by atoms with van der Waals surface area (Å²) in [7, 11) is -2.09. The first-order valence-electron chi connectivity index (χ1n) is 11.6. The van der Waals surface area contributed by atoms with Gasteiger partial charge < -0.3 is 15.2 Å². The molecule has 8 nitrogen and oxygen atoms in total. The van der Waals surface area contributed by atoms with Crippen molar-refractivity contribution in [3.63, 3.8) is 0 Å². The van der Waals surface area contributed by atoms with E-state index < -0.39 is 33.4 Å². The Hall–Kier alpha value is -3.33. The Balaban J connectivity index is 2.07. The summed E-state index contributed by atoms with van der Waals surface area (Å²) in [5.41, 5.74) is 7.88. The maximum Gasteiger partial charge on any atom is 0.264 e. The molecule has 1 heterocycles. The average Bonchev–Trinajstić information content (AvgIpc) is 3.06. The Morgan fingerprint density at radius 1 is 1.09 bits per heavy atom. The summed E-state index contributed by atoms with van der Waals surface area (Å²) in [6, 6.07) is 7.07. The highest BCUT2D eigenvalue weighted by Gasteiger charge is 2.43. The molecular formula is C26H32N2O6S. The van der Waals surface area contributed by atoms with E-state index in [1.54, 1.807) is 37.3 Å². The number of nitrogens with zero attached hydrogens (tertiary/aromatic N) is 1. The van der Waals surface area contributed by atoms with Gasteiger partial charge in [-0.25, -0.2) is 8.42 Å². The van der Waals surface area contributed by atoms with E-state index in [4.69, 9.17) is 15.2 Å². The number of benzene rings is 2. The van der Waals surface area contributed by atoms with Crippen LogP contribution < -0.4 is 15.2 Å². The normalized spacial score (nSPS) is 14.5. The highest BCUT2D eigenvalue weighted by molar-refractivity contribution is 7.90. The fourth-order valence-corrected chi connectivity index (χ4v) is 5.04. The third-order valence-electron chi connectivity index (χ3n) is 5.83. The summed E-state index contributed by atoms with van der Waals surface area (Å²) < 4.78 is 35.6. The number of allylic oxidation sites excluding steroid dienone is 1. The van der Waals surface area contributed by atoms with Crippen molar-refractivity contribution in [2.45, 2.75) is 39.2 Å². The largest absolute Gasteiger partial charge is 0.493 e. The minimum Gasteiger partial charge on any atom is -0.493 e. The van der Waals surface area contributed by atoms with Crippen LogP contribution in [-0.2, 0) is 9.84 Å². The standard InChI is InChI=1S/C26H32N2O6S/c1-5-7-8-9-10-17-11-13-19-23(24(17)27)26(30)28(25(19)29)20(16-35(4,31)32)18-12-14-21(33-3)22(15-18)34-6-2/h9-15,20H,5-8,16,27H2,1-4H3/b10-9+/t20-/m1/s1. The fraction of sp³-hybridized carbons (Fsp3) is 0.385. The summed E-state index contributed by atoms with van der Waals surface area (Å²) in [6.07, 6.45) is 7.87. The Morgan fingerprint density at radius 2 is 1.83 bits per heavy atom. The lowest BCUT2D eigenvalue weighted by atomic mass is 10.0. The van der Waals surface area contributed by atoms with Crippen LogP contribution in [0, 0.1) is 0 Å². The number of amides is 2. The van der Waals surface area contributed by atoms with Gasteiger partial charge in [0.25, 0.3) is 11.8 Å². The van der Waals surface area contributed by atoms with Crippen molar-refractivity contribution in [1.29, 1.82) is 0 Å². The van der Waals surface area contributed by atoms with Crippen molar-refractivity contribution in [3.8, 4) is 11.5 Å². The second-order valence-electron chi connectivity index (χ2n) is 8.47. The van der Waals surface area contributed by atoms with Crippen LogP contribution in [0.1, 0.15) is 71.0 Å². The van der Waals surface area contributed by atoms with Crippen LogP contribution in [0.4, 0.5) is 5.69 Å². The van der Waals surface area contributed by atoms with Crippen LogP contribution in [0.15, 0.2) is 36.4 Å². The van der Waals surface area contributed by atoms with E-state index in [2.05, 4.69) is 6.92 Å². The van der Waals surface area contributed by atoms with Gasteiger partial charge in [0.1, 0.15) is 9.84 Å². The Labute approximate surface area is 206 Å². The van der Waals surface area contributed by atoms with E-state index in [0.717, 1.165) is 30.4 Å². The average molecular weight is 501 g/mol. The van der Waals surface area contributed by atoms with Gasteiger partial charge in [0.15, 0.2) is 11.5 Å². The summed E-state index contributed by atoms with van der Waals surface area (Å²) in [5, 5.41) is 0. The molecule has 188 valence electrons. The number of hydrogen-bond donors (Lipinski definition) is 1. The van der Waals surface area contributed by atoms with E-state index in [1.807, 2.05) is 12.2 Å². The molecule has 0 saturated carbocycles. The van der Waals surface area contributed by atoms with Gasteiger partial charge in [-0.2, -0.15) is 0 Å². The molecular weight excluding hydrogens is 468 g/mol. The van der Waals surface area contributed by atoms with Crippen LogP contribution in [0.25, 0.3) is 6.08 Å². The lowest BCUT2D eigenvalue weighted by Crippen LogP contribution is -2.37. The predicted octanol–water partition coefficient (Wildman–Crippen LogP) is 4.26. The molecule has 2 aromatic carbocycles. The zero-order chi connectivity index (χ0) is 25.8. The van der Waals surface area contributed by atoms with Crippen molar-refractivity contribution >= 4 is 33.4 Å². The van der Waals surface area contributed by atoms with Gasteiger partial charge in [-0.15, -0.1) is 0 Å². The second kappa shape index (κ2) is 10.9. The number of carbonyl (C=O) groups excluding carboxylic acids is 2. The fourth-order valence-electron chi connectivity index (χ4n) is 4.12. The number of anilines is 1. The van der Waals surface area contributed by atoms with Crippen molar-refractivity contribution in [3.05, 3.63) is 58.7 Å². The second-order valence-corrected chi connectivity index (χ2v) is 10.7. The highest BCUT2D eigenvalue weighted by Crippen LogP contribution is 2.39. The van der Waals surface area contributed by atoms with Gasteiger partial charge in [0.05, 0.1) is 42.3 Å². The smallest absolute Gasteiger partial charge is 0.264 e. The molecule has 1 atom stereocenters. The van der Waals surface area contributed by atoms with Crippen molar-refractivity contribution in [1.82, 2.24) is 4.90 Å². The molecule has 3 rings (SSSR count). The van der Waals surface area contributed by atoms with Crippen LogP contribution >= 0.6 is 0 Å². The molecule has 0 radical (unpaired) electrons. The number of imide groups is 1. The molecule has 35 heavy (non-hydrogen) atoms. The molecule has 0 aliphatic carbocycles. The summed E-state index contributed by atoms with van der Waals surface area (Å²) in [6.45, 7) is 4.26. The Kier molecular flexibility index (Phi) is 8.22. The molecule has 2 aromatic rings. The SMILES string of the molecule is CCCC/C=C/c1ccc2c(c1N)C(=O)N([C@H](CS(C)(=O)=O)c1ccc(OC)c(OCC)c1)C2=O. The summed E-state index contributed by atoms with van der Waals surface area (Å²) in [5.74, 6) is -0.795. The van der Waals surface area contributed by atoms with E-state index in [9.17, 15) is 18.0 Å². The molecule has 0 spiro atoms. The lowest BCUT2D eigenvalue weighted by molar-refractivity contribution is 0.0598. The maximum atomic E-state index is 13.5. The number of ether oxygens (including phenoxy) is 2. The van der Waals surface area contributed by atoms with Crippen molar-refractivity contribution in [2.24, 2.45) is 0 Å². The van der Waals surface area contributed by atoms with E-state index >= 15 is 0 Å². The van der Waals surface area contributed by atoms with Gasteiger partial charge >= 0.3 is 0 Å². The van der Waals surface area contributed by atoms with Crippen LogP contribution in [0.2, 0.25) is 0 Å². The first-order valence-corrected chi connectivity index (χ1v) is 13.6. The minimum atomic E-state index is -3.58. The number of hydrogen-bond acceptors (Lipinski definition) is 7. The molecule has 0 aromatic heterocycles. The Morgan fingerprint density at radius 3 is 2.46 bits per heavy atom. The third-order valence-corrected chi connectivity index (χ3v) is 6.75. The molecule has 2 N–H and O–H groups in total. The summed E-state index contributed by atoms with van der Waals surface area (Å²) in [4.78, 5) is 27.9. The third kappa shape index (κ3) is 5.67. The minimum absolute atomic E-state index is 0.102. The zero-order valence-corrected chi connectivity index (χ0v) is 21.4. The maximum absolute atomic E-state index is 13.5. The molecule has 0 fully saturated rings. The molecule has 1 aliphatic heterocycles. The number of sulfone groups is 1. The predicted molar refractivity (Wildman–Crippen MR) is 137 cm³/mol. The molecule has 9 heteroatoms. The Bertz CT molecular complexity index is 1250. The number of carbonyl (C=O) groups is 2. The van der Waals surface area contributed by atoms with E-state index in [-0.39, 0.29) is 16.8 Å². The summed E-state index contributed by atoms with van der Waals surface area (Å²) >= 11 is 0. The van der Waals surface area contributed by atoms with Crippen LogP contribution in [0.5, 0.6) is 11.5 Å². The molecule has 0 bridgehead atoms. The van der Waals surface area contributed by atoms with Crippen LogP contribution in [0.3, 0.4) is 0 Å². The monoisotopic (exact) mass is 500 g/mol. The number of unbranched alkanes of at least 4 members (excludes halogenated alkanes) is 2. The number of methoxy groups -OCH3 is 1. The highest BCUT2D eigenvalue weighted by atomic mass is 32.2. The number of nitrogen functional groups attached to an aromatic ring is 1. The van der Waals surface area contributed by atoms with Gasteiger partial charge in [-0.3, -0.25) is 14.5 Å². The first-order chi connectivity index (χ1) is 16.6. The number of nitrogens with two attached hydrogens (primary N) is 1. The lowest BCUT2D eigenvalue weighted by Gasteiger charge is -2.26. The van der Waals surface area contributed by atoms with Gasteiger partial charge in [0, 0.05) is 6.26 Å². The van der Waals surface area contributed by atoms with Gasteiger partial charge in [-0.05, 0) is 42.7 Å². The van der Waals surface area contributed by atoms with E-state index in [0.29, 0.717) is 29.2 Å². The van der Waals surface area contributed by atoms with Crippen LogP contribution in [-0.4, -0.2) is 50.9 Å². The zero-order valence-electron chi connectivity index (χ0n) is 20.5. The van der Waals surface area contributed by atoms with Gasteiger partial charge in [-0.1, -0.05) is 44.1 Å². The molecule has 0 unspecified atom stereocenters. The van der Waals surface area contributed by atoms with Crippen molar-refractivity contribution in [2.75, 3.05) is 31.5 Å².